The third kappa shape index (κ3) is 3.95. The highest BCUT2D eigenvalue weighted by Gasteiger charge is 2.27. The van der Waals surface area contributed by atoms with Gasteiger partial charge in [-0.1, -0.05) is 35.4 Å². The fourth-order valence-corrected chi connectivity index (χ4v) is 3.41. The lowest BCUT2D eigenvalue weighted by atomic mass is 10.1. The Morgan fingerprint density at radius 2 is 1.68 bits per heavy atom. The van der Waals surface area contributed by atoms with Crippen molar-refractivity contribution in [3.8, 4) is 0 Å². The Labute approximate surface area is 150 Å². The molecular formula is C21H27N3O. The first kappa shape index (κ1) is 17.3. The molecule has 0 bridgehead atoms. The van der Waals surface area contributed by atoms with Crippen molar-refractivity contribution in [3.05, 3.63) is 59.2 Å². The van der Waals surface area contributed by atoms with Crippen LogP contribution >= 0.6 is 0 Å². The molecule has 2 amide bonds. The summed E-state index contributed by atoms with van der Waals surface area (Å²) in [5.41, 5.74) is 5.69. The van der Waals surface area contributed by atoms with E-state index in [0.717, 1.165) is 30.9 Å². The number of amides is 2. The largest absolute Gasteiger partial charge is 0.365 e. The van der Waals surface area contributed by atoms with E-state index in [1.54, 1.807) is 0 Å². The van der Waals surface area contributed by atoms with Gasteiger partial charge in [0.25, 0.3) is 0 Å². The summed E-state index contributed by atoms with van der Waals surface area (Å²) in [7, 11) is 0. The molecule has 3 rings (SSSR count). The molecule has 1 aliphatic rings. The Morgan fingerprint density at radius 1 is 1.00 bits per heavy atom. The standard InChI is InChI=1S/C21H27N3O/c1-15-5-8-19(9-6-15)24-12-11-23(14-18(24)4)21(25)22-20-10-7-16(2)13-17(20)3/h5-10,13,18H,11-12,14H2,1-4H3,(H,22,25)/t18-/m1/s1. The van der Waals surface area contributed by atoms with Crippen molar-refractivity contribution in [2.45, 2.75) is 33.7 Å². The number of piperazine rings is 1. The highest BCUT2D eigenvalue weighted by molar-refractivity contribution is 5.90. The SMILES string of the molecule is Cc1ccc(N2CCN(C(=O)Nc3ccc(C)cc3C)C[C@H]2C)cc1. The van der Waals surface area contributed by atoms with Crippen LogP contribution in [0.15, 0.2) is 42.5 Å². The number of carbonyl (C=O) groups excluding carboxylic acids is 1. The van der Waals surface area contributed by atoms with Gasteiger partial charge in [-0.05, 0) is 51.5 Å². The minimum atomic E-state index is -0.0117. The monoisotopic (exact) mass is 337 g/mol. The van der Waals surface area contributed by atoms with Crippen molar-refractivity contribution >= 4 is 17.4 Å². The summed E-state index contributed by atoms with van der Waals surface area (Å²) in [6.07, 6.45) is 0. The van der Waals surface area contributed by atoms with E-state index in [9.17, 15) is 4.79 Å². The molecule has 1 fully saturated rings. The van der Waals surface area contributed by atoms with Crippen molar-refractivity contribution < 1.29 is 4.79 Å². The van der Waals surface area contributed by atoms with Crippen LogP contribution in [0.5, 0.6) is 0 Å². The normalized spacial score (nSPS) is 17.5. The van der Waals surface area contributed by atoms with Gasteiger partial charge in [0.05, 0.1) is 0 Å². The molecule has 1 atom stereocenters. The highest BCUT2D eigenvalue weighted by atomic mass is 16.2. The molecule has 0 radical (unpaired) electrons. The minimum Gasteiger partial charge on any atom is -0.365 e. The van der Waals surface area contributed by atoms with Gasteiger partial charge in [-0.2, -0.15) is 0 Å². The second-order valence-corrected chi connectivity index (χ2v) is 7.07. The summed E-state index contributed by atoms with van der Waals surface area (Å²) >= 11 is 0. The number of carbonyl (C=O) groups is 1. The topological polar surface area (TPSA) is 35.6 Å². The van der Waals surface area contributed by atoms with Crippen LogP contribution in [0.4, 0.5) is 16.2 Å². The van der Waals surface area contributed by atoms with E-state index in [0.29, 0.717) is 6.04 Å². The van der Waals surface area contributed by atoms with Crippen LogP contribution in [0.25, 0.3) is 0 Å². The molecule has 1 heterocycles. The summed E-state index contributed by atoms with van der Waals surface area (Å²) in [6, 6.07) is 15.0. The molecule has 0 spiro atoms. The van der Waals surface area contributed by atoms with Gasteiger partial charge in [-0.3, -0.25) is 0 Å². The van der Waals surface area contributed by atoms with Gasteiger partial charge in [0, 0.05) is 37.1 Å². The summed E-state index contributed by atoms with van der Waals surface area (Å²) in [5, 5.41) is 3.06. The van der Waals surface area contributed by atoms with Crippen LogP contribution in [0.2, 0.25) is 0 Å². The molecule has 0 saturated carbocycles. The molecule has 25 heavy (non-hydrogen) atoms. The molecule has 0 aromatic heterocycles. The summed E-state index contributed by atoms with van der Waals surface area (Å²) in [6.45, 7) is 10.7. The molecule has 2 aromatic carbocycles. The van der Waals surface area contributed by atoms with Crippen LogP contribution in [0, 0.1) is 20.8 Å². The lowest BCUT2D eigenvalue weighted by Crippen LogP contribution is -2.54. The maximum absolute atomic E-state index is 12.6. The Hall–Kier alpha value is -2.49. The van der Waals surface area contributed by atoms with Crippen LogP contribution in [-0.2, 0) is 0 Å². The smallest absolute Gasteiger partial charge is 0.321 e. The summed E-state index contributed by atoms with van der Waals surface area (Å²) in [5.74, 6) is 0. The Balaban J connectivity index is 1.64. The van der Waals surface area contributed by atoms with E-state index in [1.165, 1.54) is 16.8 Å². The first-order valence-electron chi connectivity index (χ1n) is 8.90. The van der Waals surface area contributed by atoms with Crippen molar-refractivity contribution in [1.82, 2.24) is 4.90 Å². The molecule has 2 aromatic rings. The van der Waals surface area contributed by atoms with Crippen molar-refractivity contribution in [2.24, 2.45) is 0 Å². The third-order valence-electron chi connectivity index (χ3n) is 4.90. The van der Waals surface area contributed by atoms with Gasteiger partial charge in [-0.15, -0.1) is 0 Å². The van der Waals surface area contributed by atoms with Gasteiger partial charge < -0.3 is 15.1 Å². The lowest BCUT2D eigenvalue weighted by Gasteiger charge is -2.41. The number of hydrogen-bond donors (Lipinski definition) is 1. The minimum absolute atomic E-state index is 0.0117. The second kappa shape index (κ2) is 7.18. The van der Waals surface area contributed by atoms with E-state index >= 15 is 0 Å². The van der Waals surface area contributed by atoms with E-state index < -0.39 is 0 Å². The molecule has 132 valence electrons. The van der Waals surface area contributed by atoms with E-state index in [1.807, 2.05) is 24.0 Å². The third-order valence-corrected chi connectivity index (χ3v) is 4.90. The zero-order valence-electron chi connectivity index (χ0n) is 15.5. The lowest BCUT2D eigenvalue weighted by molar-refractivity contribution is 0.200. The molecule has 1 aliphatic heterocycles. The van der Waals surface area contributed by atoms with Gasteiger partial charge >= 0.3 is 6.03 Å². The van der Waals surface area contributed by atoms with Gasteiger partial charge in [0.15, 0.2) is 0 Å². The zero-order chi connectivity index (χ0) is 18.0. The molecule has 4 heteroatoms. The van der Waals surface area contributed by atoms with Crippen molar-refractivity contribution in [3.63, 3.8) is 0 Å². The van der Waals surface area contributed by atoms with Gasteiger partial charge in [-0.25, -0.2) is 4.79 Å². The zero-order valence-corrected chi connectivity index (χ0v) is 15.5. The van der Waals surface area contributed by atoms with E-state index in [2.05, 4.69) is 61.3 Å². The summed E-state index contributed by atoms with van der Waals surface area (Å²) in [4.78, 5) is 16.9. The maximum Gasteiger partial charge on any atom is 0.321 e. The number of rotatable bonds is 2. The van der Waals surface area contributed by atoms with Gasteiger partial charge in [0.1, 0.15) is 0 Å². The van der Waals surface area contributed by atoms with Crippen LogP contribution < -0.4 is 10.2 Å². The Bertz CT molecular complexity index is 754. The number of anilines is 2. The fraction of sp³-hybridized carbons (Fsp3) is 0.381. The predicted molar refractivity (Wildman–Crippen MR) is 104 cm³/mol. The number of nitrogens with zero attached hydrogens (tertiary/aromatic N) is 2. The van der Waals surface area contributed by atoms with E-state index in [-0.39, 0.29) is 6.03 Å². The van der Waals surface area contributed by atoms with E-state index in [4.69, 9.17) is 0 Å². The van der Waals surface area contributed by atoms with Crippen molar-refractivity contribution in [2.75, 3.05) is 29.9 Å². The van der Waals surface area contributed by atoms with Crippen LogP contribution in [0.1, 0.15) is 23.6 Å². The molecule has 1 N–H and O–H groups in total. The van der Waals surface area contributed by atoms with Crippen LogP contribution in [0.3, 0.4) is 0 Å². The van der Waals surface area contributed by atoms with Crippen LogP contribution in [-0.4, -0.2) is 36.6 Å². The number of aryl methyl sites for hydroxylation is 3. The van der Waals surface area contributed by atoms with Gasteiger partial charge in [0.2, 0.25) is 0 Å². The predicted octanol–water partition coefficient (Wildman–Crippen LogP) is 4.35. The first-order chi connectivity index (χ1) is 11.9. The number of benzene rings is 2. The second-order valence-electron chi connectivity index (χ2n) is 7.07. The molecule has 0 unspecified atom stereocenters. The first-order valence-corrected chi connectivity index (χ1v) is 8.90. The summed E-state index contributed by atoms with van der Waals surface area (Å²) < 4.78 is 0. The Morgan fingerprint density at radius 3 is 2.32 bits per heavy atom. The molecule has 0 aliphatic carbocycles. The number of nitrogens with one attached hydrogen (secondary N) is 1. The Kier molecular flexibility index (Phi) is 4.98. The average Bonchev–Trinajstić information content (AvgIpc) is 2.58. The highest BCUT2D eigenvalue weighted by Crippen LogP contribution is 2.22. The van der Waals surface area contributed by atoms with Crippen molar-refractivity contribution in [1.29, 1.82) is 0 Å². The number of hydrogen-bond acceptors (Lipinski definition) is 2. The number of urea groups is 1. The maximum atomic E-state index is 12.6. The molecule has 4 nitrogen and oxygen atoms in total. The quantitative estimate of drug-likeness (QED) is 0.884. The molecule has 1 saturated heterocycles. The fourth-order valence-electron chi connectivity index (χ4n) is 3.41. The average molecular weight is 337 g/mol. The molecular weight excluding hydrogens is 310 g/mol.